The van der Waals surface area contributed by atoms with Gasteiger partial charge in [-0.3, -0.25) is 0 Å². The van der Waals surface area contributed by atoms with Crippen LogP contribution in [0.5, 0.6) is 0 Å². The Kier molecular flexibility index (Phi) is 12.7. The largest absolute Gasteiger partial charge is 0.565 e. The Labute approximate surface area is 183 Å². The van der Waals surface area contributed by atoms with Gasteiger partial charge in [0, 0.05) is 61.9 Å². The Balaban J connectivity index is 0.000000300. The first-order chi connectivity index (χ1) is 14.4. The molecule has 2 saturated heterocycles. The third-order valence-electron chi connectivity index (χ3n) is 4.99. The van der Waals surface area contributed by atoms with Gasteiger partial charge in [0.25, 0.3) is 5.41 Å². The summed E-state index contributed by atoms with van der Waals surface area (Å²) < 4.78 is 53.7. The minimum absolute atomic E-state index is 0.0458. The summed E-state index contributed by atoms with van der Waals surface area (Å²) >= 11 is 0. The van der Waals surface area contributed by atoms with Crippen LogP contribution in [0.4, 0.5) is 0 Å². The van der Waals surface area contributed by atoms with Crippen molar-refractivity contribution < 1.29 is 45.5 Å². The van der Waals surface area contributed by atoms with E-state index in [1.54, 1.807) is 42.7 Å². The van der Waals surface area contributed by atoms with E-state index < -0.39 is 23.0 Å². The molecule has 3 atom stereocenters. The summed E-state index contributed by atoms with van der Waals surface area (Å²) in [4.78, 5) is 0. The summed E-state index contributed by atoms with van der Waals surface area (Å²) in [7, 11) is 4.28. The number of hydrogen-bond donors (Lipinski definition) is 0. The molecular formula is C18H40O10Si2. The van der Waals surface area contributed by atoms with Crippen molar-refractivity contribution in [3.05, 3.63) is 0 Å². The second-order valence-corrected chi connectivity index (χ2v) is 13.0. The highest BCUT2D eigenvalue weighted by Gasteiger charge is 2.76. The van der Waals surface area contributed by atoms with Crippen molar-refractivity contribution >= 4 is 17.6 Å². The van der Waals surface area contributed by atoms with Crippen LogP contribution in [-0.4, -0.2) is 104 Å². The van der Waals surface area contributed by atoms with Gasteiger partial charge in [-0.2, -0.15) is 0 Å². The van der Waals surface area contributed by atoms with Crippen molar-refractivity contribution in [1.82, 2.24) is 0 Å². The molecule has 2 aliphatic heterocycles. The van der Waals surface area contributed by atoms with Crippen molar-refractivity contribution in [2.75, 3.05) is 69.1 Å². The lowest BCUT2D eigenvalue weighted by Crippen LogP contribution is -2.59. The van der Waals surface area contributed by atoms with Crippen LogP contribution >= 0.6 is 0 Å². The highest BCUT2D eigenvalue weighted by molar-refractivity contribution is 6.64. The zero-order valence-corrected chi connectivity index (χ0v) is 21.7. The first-order valence-corrected chi connectivity index (χ1v) is 13.9. The Bertz CT molecular complexity index is 444. The molecule has 0 N–H and O–H groups in total. The van der Waals surface area contributed by atoms with Crippen molar-refractivity contribution in [2.24, 2.45) is 0 Å². The van der Waals surface area contributed by atoms with E-state index in [0.29, 0.717) is 25.9 Å². The number of rotatable bonds is 16. The molecule has 2 rings (SSSR count). The molecule has 30 heavy (non-hydrogen) atoms. The van der Waals surface area contributed by atoms with Crippen molar-refractivity contribution in [1.29, 1.82) is 0 Å². The molecule has 180 valence electrons. The van der Waals surface area contributed by atoms with E-state index in [4.69, 9.17) is 45.5 Å². The zero-order valence-electron chi connectivity index (χ0n) is 19.7. The highest BCUT2D eigenvalue weighted by atomic mass is 28.4. The van der Waals surface area contributed by atoms with Crippen molar-refractivity contribution in [2.45, 2.75) is 50.4 Å². The van der Waals surface area contributed by atoms with E-state index in [-0.39, 0.29) is 6.10 Å². The summed E-state index contributed by atoms with van der Waals surface area (Å²) in [5.41, 5.74) is -0.804. The molecule has 2 fully saturated rings. The lowest BCUT2D eigenvalue weighted by Gasteiger charge is -2.30. The monoisotopic (exact) mass is 472 g/mol. The van der Waals surface area contributed by atoms with Crippen LogP contribution in [0.15, 0.2) is 0 Å². The lowest BCUT2D eigenvalue weighted by molar-refractivity contribution is -0.0553. The first-order valence-electron chi connectivity index (χ1n) is 10.2. The van der Waals surface area contributed by atoms with Crippen molar-refractivity contribution in [3.8, 4) is 0 Å². The van der Waals surface area contributed by atoms with Crippen LogP contribution in [0.1, 0.15) is 26.7 Å². The smallest absolute Gasteiger partial charge is 0.379 e. The number of epoxide rings is 2. The summed E-state index contributed by atoms with van der Waals surface area (Å²) in [5, 5.41) is 0. The first kappa shape index (κ1) is 28.1. The van der Waals surface area contributed by atoms with Gasteiger partial charge in [0.05, 0.1) is 13.2 Å². The second kappa shape index (κ2) is 13.6. The standard InChI is InChI=1S/2C9H20O5Si/c1-6-7-13-9(8(2)14-9)15(10-3,11-4)12-5;1-10-15(11-2,12-3)6-4-5-13-7-9-8-14-9/h8H,6-7H2,1-5H3;9H,4-8H2,1-3H3. The lowest BCUT2D eigenvalue weighted by atomic mass is 10.5. The third-order valence-corrected chi connectivity index (χ3v) is 11.0. The fourth-order valence-electron chi connectivity index (χ4n) is 3.05. The average molecular weight is 473 g/mol. The van der Waals surface area contributed by atoms with Crippen LogP contribution in [0.3, 0.4) is 0 Å². The van der Waals surface area contributed by atoms with E-state index in [2.05, 4.69) is 0 Å². The Morgan fingerprint density at radius 3 is 1.80 bits per heavy atom. The van der Waals surface area contributed by atoms with Gasteiger partial charge in [0.2, 0.25) is 0 Å². The van der Waals surface area contributed by atoms with Gasteiger partial charge in [0.15, 0.2) is 0 Å². The molecule has 10 nitrogen and oxygen atoms in total. The topological polar surface area (TPSA) is 98.9 Å². The Morgan fingerprint density at radius 1 is 0.900 bits per heavy atom. The maximum atomic E-state index is 5.70. The molecule has 0 saturated carbocycles. The molecule has 0 bridgehead atoms. The molecular weight excluding hydrogens is 432 g/mol. The minimum Gasteiger partial charge on any atom is -0.379 e. The van der Waals surface area contributed by atoms with Crippen molar-refractivity contribution in [3.63, 3.8) is 0 Å². The van der Waals surface area contributed by atoms with Gasteiger partial charge >= 0.3 is 17.6 Å². The van der Waals surface area contributed by atoms with Gasteiger partial charge in [0.1, 0.15) is 12.2 Å². The molecule has 2 heterocycles. The molecule has 0 aliphatic carbocycles. The summed E-state index contributed by atoms with van der Waals surface area (Å²) in [6, 6.07) is 0.780. The summed E-state index contributed by atoms with van der Waals surface area (Å²) in [6.07, 6.45) is 2.09. The highest BCUT2D eigenvalue weighted by Crippen LogP contribution is 2.46. The number of hydrogen-bond acceptors (Lipinski definition) is 10. The van der Waals surface area contributed by atoms with E-state index in [1.165, 1.54) is 0 Å². The third kappa shape index (κ3) is 7.28. The van der Waals surface area contributed by atoms with E-state index >= 15 is 0 Å². The van der Waals surface area contributed by atoms with Gasteiger partial charge in [-0.25, -0.2) is 0 Å². The normalized spacial score (nSPS) is 25.6. The van der Waals surface area contributed by atoms with Crippen LogP contribution < -0.4 is 0 Å². The van der Waals surface area contributed by atoms with Gasteiger partial charge in [-0.1, -0.05) is 6.92 Å². The fourth-order valence-corrected chi connectivity index (χ4v) is 7.19. The Hall–Kier alpha value is 0.0338. The van der Waals surface area contributed by atoms with Gasteiger partial charge in [-0.15, -0.1) is 0 Å². The van der Waals surface area contributed by atoms with Crippen LogP contribution in [0.25, 0.3) is 0 Å². The summed E-state index contributed by atoms with van der Waals surface area (Å²) in [5.74, 6) is 0. The average Bonchev–Trinajstić information content (AvgIpc) is 3.70. The quantitative estimate of drug-likeness (QED) is 0.187. The molecule has 0 aromatic rings. The Morgan fingerprint density at radius 2 is 1.43 bits per heavy atom. The van der Waals surface area contributed by atoms with Crippen LogP contribution in [0.2, 0.25) is 6.04 Å². The molecule has 3 unspecified atom stereocenters. The molecule has 0 spiro atoms. The summed E-state index contributed by atoms with van der Waals surface area (Å²) in [6.45, 7) is 6.80. The molecule has 0 aromatic carbocycles. The predicted molar refractivity (Wildman–Crippen MR) is 113 cm³/mol. The molecule has 0 radical (unpaired) electrons. The van der Waals surface area contributed by atoms with Gasteiger partial charge in [-0.05, 0) is 19.8 Å². The maximum absolute atomic E-state index is 5.70. The minimum atomic E-state index is -2.88. The maximum Gasteiger partial charge on any atom is 0.565 e. The van der Waals surface area contributed by atoms with Gasteiger partial charge < -0.3 is 45.5 Å². The SMILES string of the molecule is CCCOC1([Si](OC)(OC)OC)OC1C.CO[Si](CCCOCC1CO1)(OC)OC. The molecule has 2 aliphatic rings. The molecule has 12 heteroatoms. The predicted octanol–water partition coefficient (Wildman–Crippen LogP) is 1.62. The zero-order chi connectivity index (χ0) is 22.7. The van der Waals surface area contributed by atoms with Crippen LogP contribution in [0, 0.1) is 0 Å². The van der Waals surface area contributed by atoms with E-state index in [9.17, 15) is 0 Å². The molecule has 0 amide bonds. The van der Waals surface area contributed by atoms with E-state index in [1.807, 2.05) is 13.8 Å². The second-order valence-electron chi connectivity index (χ2n) is 6.87. The molecule has 0 aromatic heterocycles. The fraction of sp³-hybridized carbons (Fsp3) is 1.00. The van der Waals surface area contributed by atoms with E-state index in [0.717, 1.165) is 25.5 Å². The van der Waals surface area contributed by atoms with Crippen LogP contribution in [-0.2, 0) is 45.5 Å². The number of ether oxygens (including phenoxy) is 4.